The highest BCUT2D eigenvalue weighted by Gasteiger charge is 2.27. The molecule has 2 amide bonds. The molecule has 0 unspecified atom stereocenters. The second-order valence-electron chi connectivity index (χ2n) is 8.31. The van der Waals surface area contributed by atoms with Gasteiger partial charge in [0, 0.05) is 11.3 Å². The summed E-state index contributed by atoms with van der Waals surface area (Å²) in [6.45, 7) is 5.14. The fourth-order valence-electron chi connectivity index (χ4n) is 4.04. The summed E-state index contributed by atoms with van der Waals surface area (Å²) in [5.41, 5.74) is 4.04. The molecule has 8 heteroatoms. The van der Waals surface area contributed by atoms with Crippen molar-refractivity contribution in [1.29, 1.82) is 0 Å². The molecule has 0 radical (unpaired) electrons. The largest absolute Gasteiger partial charge is 0.459 e. The summed E-state index contributed by atoms with van der Waals surface area (Å²) in [6.07, 6.45) is 1.51. The van der Waals surface area contributed by atoms with Crippen molar-refractivity contribution in [3.05, 3.63) is 72.2 Å². The maximum absolute atomic E-state index is 12.5. The van der Waals surface area contributed by atoms with E-state index in [2.05, 4.69) is 24.4 Å². The van der Waals surface area contributed by atoms with E-state index in [1.165, 1.54) is 16.5 Å². The van der Waals surface area contributed by atoms with Gasteiger partial charge in [-0.1, -0.05) is 6.07 Å². The average molecular weight is 462 g/mol. The minimum absolute atomic E-state index is 0.0287. The maximum Gasteiger partial charge on any atom is 0.289 e. The van der Waals surface area contributed by atoms with Gasteiger partial charge in [-0.25, -0.2) is 4.98 Å². The van der Waals surface area contributed by atoms with Gasteiger partial charge in [-0.05, 0) is 61.0 Å². The molecule has 33 heavy (non-hydrogen) atoms. The van der Waals surface area contributed by atoms with Crippen molar-refractivity contribution in [1.82, 2.24) is 9.88 Å². The molecule has 2 N–H and O–H groups in total. The van der Waals surface area contributed by atoms with Gasteiger partial charge in [0.2, 0.25) is 0 Å². The highest BCUT2D eigenvalue weighted by atomic mass is 32.1. The molecule has 0 aliphatic carbocycles. The van der Waals surface area contributed by atoms with Gasteiger partial charge in [0.25, 0.3) is 11.8 Å². The second kappa shape index (κ2) is 9.17. The van der Waals surface area contributed by atoms with Gasteiger partial charge in [0.05, 0.1) is 42.7 Å². The molecule has 1 saturated heterocycles. The summed E-state index contributed by atoms with van der Waals surface area (Å²) in [5, 5.41) is 3.96. The number of rotatable bonds is 5. The van der Waals surface area contributed by atoms with Gasteiger partial charge in [-0.3, -0.25) is 9.59 Å². The third-order valence-electron chi connectivity index (χ3n) is 5.86. The lowest BCUT2D eigenvalue weighted by Crippen LogP contribution is -3.15. The standard InChI is InChI=1S/C25H24N4O3S/c1-17-4-9-20-22(15-17)33-24(27-20)18-5-7-19(8-6-18)26-23(30)16-28-10-12-29(13-11-28)25(31)21-3-2-14-32-21/h2-9,14-15H,10-13,16H2,1H3,(H,26,30)/p+1. The van der Waals surface area contributed by atoms with E-state index in [9.17, 15) is 9.59 Å². The number of fused-ring (bicyclic) bond motifs is 1. The highest BCUT2D eigenvalue weighted by molar-refractivity contribution is 7.21. The first-order valence-electron chi connectivity index (χ1n) is 11.0. The number of hydrogen-bond donors (Lipinski definition) is 2. The van der Waals surface area contributed by atoms with E-state index < -0.39 is 0 Å². The summed E-state index contributed by atoms with van der Waals surface area (Å²) < 4.78 is 6.37. The molecule has 7 nitrogen and oxygen atoms in total. The molecular formula is C25H25N4O3S+. The molecule has 5 rings (SSSR count). The summed E-state index contributed by atoms with van der Waals surface area (Å²) in [7, 11) is 0. The summed E-state index contributed by atoms with van der Waals surface area (Å²) in [6, 6.07) is 17.5. The number of piperazine rings is 1. The summed E-state index contributed by atoms with van der Waals surface area (Å²) in [4.78, 5) is 32.6. The van der Waals surface area contributed by atoms with Crippen LogP contribution in [0, 0.1) is 6.92 Å². The molecular weight excluding hydrogens is 436 g/mol. The van der Waals surface area contributed by atoms with Gasteiger partial charge in [0.1, 0.15) is 5.01 Å². The van der Waals surface area contributed by atoms with E-state index >= 15 is 0 Å². The first kappa shape index (κ1) is 21.4. The molecule has 3 heterocycles. The fraction of sp³-hybridized carbons (Fsp3) is 0.240. The van der Waals surface area contributed by atoms with Crippen molar-refractivity contribution in [3.63, 3.8) is 0 Å². The second-order valence-corrected chi connectivity index (χ2v) is 9.34. The normalized spacial score (nSPS) is 14.5. The molecule has 0 saturated carbocycles. The smallest absolute Gasteiger partial charge is 0.289 e. The molecule has 168 valence electrons. The van der Waals surface area contributed by atoms with Gasteiger partial charge in [-0.2, -0.15) is 0 Å². The Hall–Kier alpha value is -3.49. The Kier molecular flexibility index (Phi) is 5.93. The molecule has 2 aromatic carbocycles. The summed E-state index contributed by atoms with van der Waals surface area (Å²) in [5.74, 6) is 0.242. The molecule has 4 aromatic rings. The maximum atomic E-state index is 12.5. The van der Waals surface area contributed by atoms with Crippen LogP contribution in [0.4, 0.5) is 5.69 Å². The number of hydrogen-bond acceptors (Lipinski definition) is 5. The van der Waals surface area contributed by atoms with Crippen LogP contribution in [0.1, 0.15) is 16.1 Å². The minimum atomic E-state index is -0.0909. The molecule has 1 fully saturated rings. The Morgan fingerprint density at radius 3 is 2.64 bits per heavy atom. The van der Waals surface area contributed by atoms with Gasteiger partial charge < -0.3 is 19.5 Å². The van der Waals surface area contributed by atoms with Gasteiger partial charge in [0.15, 0.2) is 12.3 Å². The fourth-order valence-corrected chi connectivity index (χ4v) is 5.11. The number of thiazole rings is 1. The van der Waals surface area contributed by atoms with Crippen LogP contribution >= 0.6 is 11.3 Å². The number of benzene rings is 2. The number of anilines is 1. The van der Waals surface area contributed by atoms with Crippen molar-refractivity contribution in [2.75, 3.05) is 38.0 Å². The lowest BCUT2D eigenvalue weighted by molar-refractivity contribution is -0.895. The van der Waals surface area contributed by atoms with Gasteiger partial charge in [-0.15, -0.1) is 11.3 Å². The van der Waals surface area contributed by atoms with E-state index in [1.54, 1.807) is 28.4 Å². The third-order valence-corrected chi connectivity index (χ3v) is 6.93. The SMILES string of the molecule is Cc1ccc2nc(-c3ccc(NC(=O)C[NH+]4CCN(C(=O)c5ccco5)CC4)cc3)sc2c1. The quantitative estimate of drug-likeness (QED) is 0.479. The number of furan rings is 1. The van der Waals surface area contributed by atoms with Crippen LogP contribution in [0.25, 0.3) is 20.8 Å². The van der Waals surface area contributed by atoms with Crippen molar-refractivity contribution < 1.29 is 18.9 Å². The Morgan fingerprint density at radius 2 is 1.91 bits per heavy atom. The Bertz CT molecular complexity index is 1270. The van der Waals surface area contributed by atoms with Crippen molar-refractivity contribution in [2.24, 2.45) is 0 Å². The van der Waals surface area contributed by atoms with Crippen LogP contribution in [0.3, 0.4) is 0 Å². The number of nitrogens with zero attached hydrogens (tertiary/aromatic N) is 2. The van der Waals surface area contributed by atoms with Crippen LogP contribution in [-0.4, -0.2) is 54.4 Å². The van der Waals surface area contributed by atoms with E-state index in [0.29, 0.717) is 25.4 Å². The topological polar surface area (TPSA) is 79.9 Å². The van der Waals surface area contributed by atoms with E-state index in [0.717, 1.165) is 39.8 Å². The lowest BCUT2D eigenvalue weighted by atomic mass is 10.2. The number of aryl methyl sites for hydroxylation is 1. The number of aromatic nitrogens is 1. The van der Waals surface area contributed by atoms with Crippen LogP contribution in [0.5, 0.6) is 0 Å². The Morgan fingerprint density at radius 1 is 1.12 bits per heavy atom. The summed E-state index contributed by atoms with van der Waals surface area (Å²) >= 11 is 1.67. The van der Waals surface area contributed by atoms with Crippen molar-refractivity contribution in [3.8, 4) is 10.6 Å². The number of nitrogens with one attached hydrogen (secondary N) is 2. The van der Waals surface area contributed by atoms with Crippen molar-refractivity contribution >= 4 is 39.1 Å². The predicted molar refractivity (Wildman–Crippen MR) is 129 cm³/mol. The zero-order chi connectivity index (χ0) is 22.8. The monoisotopic (exact) mass is 461 g/mol. The minimum Gasteiger partial charge on any atom is -0.459 e. The first-order valence-corrected chi connectivity index (χ1v) is 11.8. The number of quaternary nitrogens is 1. The third kappa shape index (κ3) is 4.81. The van der Waals surface area contributed by atoms with Crippen molar-refractivity contribution in [2.45, 2.75) is 6.92 Å². The molecule has 1 aliphatic rings. The molecule has 0 spiro atoms. The van der Waals surface area contributed by atoms with Crippen LogP contribution in [0.2, 0.25) is 0 Å². The molecule has 1 aliphatic heterocycles. The van der Waals surface area contributed by atoms with Gasteiger partial charge >= 0.3 is 0 Å². The van der Waals surface area contributed by atoms with Crippen LogP contribution in [0.15, 0.2) is 65.3 Å². The zero-order valence-electron chi connectivity index (χ0n) is 18.3. The Labute approximate surface area is 195 Å². The first-order chi connectivity index (χ1) is 16.0. The zero-order valence-corrected chi connectivity index (χ0v) is 19.2. The molecule has 0 bridgehead atoms. The number of amides is 2. The Balaban J connectivity index is 1.14. The van der Waals surface area contributed by atoms with Crippen LogP contribution < -0.4 is 10.2 Å². The highest BCUT2D eigenvalue weighted by Crippen LogP contribution is 2.31. The lowest BCUT2D eigenvalue weighted by Gasteiger charge is -2.31. The number of carbonyl (C=O) groups excluding carboxylic acids is 2. The van der Waals surface area contributed by atoms with E-state index in [4.69, 9.17) is 9.40 Å². The molecule has 2 aromatic heterocycles. The van der Waals surface area contributed by atoms with E-state index in [-0.39, 0.29) is 11.8 Å². The van der Waals surface area contributed by atoms with Crippen LogP contribution in [-0.2, 0) is 4.79 Å². The molecule has 0 atom stereocenters. The average Bonchev–Trinajstić information content (AvgIpc) is 3.49. The number of carbonyl (C=O) groups is 2. The van der Waals surface area contributed by atoms with E-state index in [1.807, 2.05) is 30.3 Å². The predicted octanol–water partition coefficient (Wildman–Crippen LogP) is 2.84.